The Bertz CT molecular complexity index is 529. The highest BCUT2D eigenvalue weighted by Gasteiger charge is 2.15. The summed E-state index contributed by atoms with van der Waals surface area (Å²) in [4.78, 5) is 4.64. The van der Waals surface area contributed by atoms with Gasteiger partial charge < -0.3 is 14.6 Å². The molecule has 0 bridgehead atoms. The summed E-state index contributed by atoms with van der Waals surface area (Å²) in [6.07, 6.45) is 2.76. The van der Waals surface area contributed by atoms with Crippen LogP contribution in [0.3, 0.4) is 0 Å². The zero-order valence-corrected chi connectivity index (χ0v) is 10.7. The van der Waals surface area contributed by atoms with Crippen LogP contribution in [0, 0.1) is 0 Å². The van der Waals surface area contributed by atoms with Crippen molar-refractivity contribution in [3.8, 4) is 0 Å². The van der Waals surface area contributed by atoms with Crippen LogP contribution in [0.25, 0.3) is 11.0 Å². The summed E-state index contributed by atoms with van der Waals surface area (Å²) in [7, 11) is 2.07. The van der Waals surface area contributed by atoms with Crippen LogP contribution in [-0.2, 0) is 18.3 Å². The highest BCUT2D eigenvalue weighted by atomic mass is 16.5. The Hall–Kier alpha value is -1.39. The molecule has 1 atom stereocenters. The van der Waals surface area contributed by atoms with Gasteiger partial charge >= 0.3 is 0 Å². The van der Waals surface area contributed by atoms with Crippen molar-refractivity contribution >= 4 is 11.0 Å². The van der Waals surface area contributed by atoms with Gasteiger partial charge in [-0.1, -0.05) is 12.1 Å². The van der Waals surface area contributed by atoms with Crippen molar-refractivity contribution in [1.29, 1.82) is 0 Å². The molecule has 1 aromatic heterocycles. The van der Waals surface area contributed by atoms with E-state index in [0.29, 0.717) is 6.10 Å². The second kappa shape index (κ2) is 5.08. The molecule has 2 aromatic rings. The summed E-state index contributed by atoms with van der Waals surface area (Å²) in [5.74, 6) is 1.08. The van der Waals surface area contributed by atoms with Crippen LogP contribution in [0.2, 0.25) is 0 Å². The second-order valence-corrected chi connectivity index (χ2v) is 4.84. The van der Waals surface area contributed by atoms with Gasteiger partial charge in [-0.3, -0.25) is 0 Å². The number of nitrogens with zero attached hydrogens (tertiary/aromatic N) is 2. The fourth-order valence-corrected chi connectivity index (χ4v) is 2.50. The quantitative estimate of drug-likeness (QED) is 0.893. The van der Waals surface area contributed by atoms with Crippen molar-refractivity contribution in [3.63, 3.8) is 0 Å². The average molecular weight is 245 g/mol. The normalized spacial score (nSPS) is 19.7. The Labute approximate surface area is 107 Å². The number of ether oxygens (including phenoxy) is 1. The fraction of sp³-hybridized carbons (Fsp3) is 0.500. The summed E-state index contributed by atoms with van der Waals surface area (Å²) in [5, 5.41) is 3.44. The van der Waals surface area contributed by atoms with E-state index < -0.39 is 0 Å². The number of hydrogen-bond acceptors (Lipinski definition) is 3. The van der Waals surface area contributed by atoms with Crippen molar-refractivity contribution in [2.24, 2.45) is 7.05 Å². The third kappa shape index (κ3) is 2.26. The molecule has 96 valence electrons. The Kier molecular flexibility index (Phi) is 3.30. The molecule has 0 unspecified atom stereocenters. The van der Waals surface area contributed by atoms with Crippen LogP contribution < -0.4 is 5.32 Å². The minimum atomic E-state index is 0.389. The number of nitrogens with one attached hydrogen (secondary N) is 1. The van der Waals surface area contributed by atoms with Gasteiger partial charge in [-0.05, 0) is 25.0 Å². The molecule has 1 aromatic carbocycles. The lowest BCUT2D eigenvalue weighted by Crippen LogP contribution is -2.26. The summed E-state index contributed by atoms with van der Waals surface area (Å²) >= 11 is 0. The second-order valence-electron chi connectivity index (χ2n) is 4.84. The van der Waals surface area contributed by atoms with Crippen molar-refractivity contribution < 1.29 is 4.74 Å². The minimum absolute atomic E-state index is 0.389. The topological polar surface area (TPSA) is 39.1 Å². The monoisotopic (exact) mass is 245 g/mol. The van der Waals surface area contributed by atoms with Crippen LogP contribution in [0.5, 0.6) is 0 Å². The molecule has 1 aliphatic rings. The van der Waals surface area contributed by atoms with Gasteiger partial charge in [0.15, 0.2) is 0 Å². The Morgan fingerprint density at radius 2 is 2.33 bits per heavy atom. The standard InChI is InChI=1S/C14H19N3O/c1-17-13-7-3-2-6-12(13)16-14(17)10-15-9-11-5-4-8-18-11/h2-3,6-7,11,15H,4-5,8-10H2,1H3/t11-/m1/s1. The predicted octanol–water partition coefficient (Wildman–Crippen LogP) is 1.84. The molecular formula is C14H19N3O. The Balaban J connectivity index is 1.65. The van der Waals surface area contributed by atoms with E-state index in [1.54, 1.807) is 0 Å². The smallest absolute Gasteiger partial charge is 0.123 e. The van der Waals surface area contributed by atoms with E-state index in [9.17, 15) is 0 Å². The highest BCUT2D eigenvalue weighted by molar-refractivity contribution is 5.75. The van der Waals surface area contributed by atoms with Gasteiger partial charge in [-0.15, -0.1) is 0 Å². The molecule has 4 heteroatoms. The van der Waals surface area contributed by atoms with Gasteiger partial charge in [0.25, 0.3) is 0 Å². The average Bonchev–Trinajstić information content (AvgIpc) is 3.00. The van der Waals surface area contributed by atoms with E-state index in [2.05, 4.69) is 34.0 Å². The Morgan fingerprint density at radius 1 is 1.44 bits per heavy atom. The molecule has 0 amide bonds. The summed E-state index contributed by atoms with van der Waals surface area (Å²) in [6, 6.07) is 8.23. The number of aromatic nitrogens is 2. The van der Waals surface area contributed by atoms with Crippen LogP contribution in [0.4, 0.5) is 0 Å². The number of hydrogen-bond donors (Lipinski definition) is 1. The number of rotatable bonds is 4. The van der Waals surface area contributed by atoms with Crippen LogP contribution >= 0.6 is 0 Å². The minimum Gasteiger partial charge on any atom is -0.377 e. The van der Waals surface area contributed by atoms with Gasteiger partial charge in [0.05, 0.1) is 23.7 Å². The van der Waals surface area contributed by atoms with Crippen LogP contribution in [-0.4, -0.2) is 28.8 Å². The third-order valence-electron chi connectivity index (χ3n) is 3.56. The zero-order chi connectivity index (χ0) is 12.4. The van der Waals surface area contributed by atoms with Crippen molar-refractivity contribution in [3.05, 3.63) is 30.1 Å². The molecule has 18 heavy (non-hydrogen) atoms. The first-order valence-electron chi connectivity index (χ1n) is 6.57. The molecule has 1 aliphatic heterocycles. The van der Waals surface area contributed by atoms with Crippen molar-refractivity contribution in [2.45, 2.75) is 25.5 Å². The maximum atomic E-state index is 5.59. The highest BCUT2D eigenvalue weighted by Crippen LogP contribution is 2.14. The third-order valence-corrected chi connectivity index (χ3v) is 3.56. The van der Waals surface area contributed by atoms with E-state index in [1.165, 1.54) is 18.4 Å². The van der Waals surface area contributed by atoms with Crippen molar-refractivity contribution in [1.82, 2.24) is 14.9 Å². The number of para-hydroxylation sites is 2. The number of fused-ring (bicyclic) bond motifs is 1. The molecule has 0 radical (unpaired) electrons. The van der Waals surface area contributed by atoms with Gasteiger partial charge in [-0.2, -0.15) is 0 Å². The maximum absolute atomic E-state index is 5.59. The SMILES string of the molecule is Cn1c(CNC[C@H]2CCCO2)nc2ccccc21. The van der Waals surface area contributed by atoms with E-state index in [-0.39, 0.29) is 0 Å². The maximum Gasteiger partial charge on any atom is 0.123 e. The molecule has 3 rings (SSSR count). The van der Waals surface area contributed by atoms with E-state index in [1.807, 2.05) is 12.1 Å². The molecule has 0 spiro atoms. The van der Waals surface area contributed by atoms with E-state index >= 15 is 0 Å². The van der Waals surface area contributed by atoms with Crippen molar-refractivity contribution in [2.75, 3.05) is 13.2 Å². The zero-order valence-electron chi connectivity index (χ0n) is 10.7. The Morgan fingerprint density at radius 3 is 3.11 bits per heavy atom. The van der Waals surface area contributed by atoms with E-state index in [0.717, 1.165) is 31.0 Å². The van der Waals surface area contributed by atoms with Gasteiger partial charge in [0, 0.05) is 20.2 Å². The first kappa shape index (κ1) is 11.7. The molecule has 2 heterocycles. The predicted molar refractivity (Wildman–Crippen MR) is 71.4 cm³/mol. The lowest BCUT2D eigenvalue weighted by atomic mass is 10.2. The largest absolute Gasteiger partial charge is 0.377 e. The van der Waals surface area contributed by atoms with Gasteiger partial charge in [0.2, 0.25) is 0 Å². The van der Waals surface area contributed by atoms with Crippen LogP contribution in [0.1, 0.15) is 18.7 Å². The molecule has 1 saturated heterocycles. The fourth-order valence-electron chi connectivity index (χ4n) is 2.50. The number of imidazole rings is 1. The first-order chi connectivity index (χ1) is 8.84. The molecule has 0 saturated carbocycles. The molecular weight excluding hydrogens is 226 g/mol. The molecule has 1 fully saturated rings. The summed E-state index contributed by atoms with van der Waals surface area (Å²) in [6.45, 7) is 2.63. The molecule has 4 nitrogen and oxygen atoms in total. The summed E-state index contributed by atoms with van der Waals surface area (Å²) in [5.41, 5.74) is 2.25. The lowest BCUT2D eigenvalue weighted by molar-refractivity contribution is 0.109. The lowest BCUT2D eigenvalue weighted by Gasteiger charge is -2.10. The molecule has 1 N–H and O–H groups in total. The number of benzene rings is 1. The van der Waals surface area contributed by atoms with E-state index in [4.69, 9.17) is 4.74 Å². The van der Waals surface area contributed by atoms with Gasteiger partial charge in [-0.25, -0.2) is 4.98 Å². The van der Waals surface area contributed by atoms with Gasteiger partial charge in [0.1, 0.15) is 5.82 Å². The van der Waals surface area contributed by atoms with Crippen LogP contribution in [0.15, 0.2) is 24.3 Å². The number of aryl methyl sites for hydroxylation is 1. The molecule has 0 aliphatic carbocycles. The first-order valence-corrected chi connectivity index (χ1v) is 6.57. The summed E-state index contributed by atoms with van der Waals surface area (Å²) < 4.78 is 7.74.